The zero-order chi connectivity index (χ0) is 15.6. The fourth-order valence-corrected chi connectivity index (χ4v) is 2.86. The van der Waals surface area contributed by atoms with Crippen LogP contribution in [-0.2, 0) is 0 Å². The maximum Gasteiger partial charge on any atom is 0.264 e. The minimum Gasteiger partial charge on any atom is -0.497 e. The van der Waals surface area contributed by atoms with E-state index in [4.69, 9.17) is 9.47 Å². The van der Waals surface area contributed by atoms with Crippen LogP contribution in [0.4, 0.5) is 0 Å². The number of aromatic nitrogens is 2. The summed E-state index contributed by atoms with van der Waals surface area (Å²) in [6.45, 7) is 4.02. The fourth-order valence-electron chi connectivity index (χ4n) is 1.99. The van der Waals surface area contributed by atoms with Crippen molar-refractivity contribution in [1.29, 1.82) is 0 Å². The summed E-state index contributed by atoms with van der Waals surface area (Å²) in [4.78, 5) is 19.5. The van der Waals surface area contributed by atoms with Crippen molar-refractivity contribution in [3.8, 4) is 22.9 Å². The number of hydrogen-bond acceptors (Lipinski definition) is 4. The molecule has 0 spiro atoms. The third kappa shape index (κ3) is 3.20. The largest absolute Gasteiger partial charge is 0.497 e. The van der Waals surface area contributed by atoms with Gasteiger partial charge in [-0.25, -0.2) is 4.98 Å². The van der Waals surface area contributed by atoms with Gasteiger partial charge in [0.2, 0.25) is 0 Å². The van der Waals surface area contributed by atoms with Crippen LogP contribution in [0.15, 0.2) is 23.0 Å². The molecule has 0 atom stereocenters. The minimum absolute atomic E-state index is 0.144. The van der Waals surface area contributed by atoms with Gasteiger partial charge in [0, 0.05) is 0 Å². The molecule has 1 aromatic heterocycles. The maximum absolute atomic E-state index is 12.1. The molecule has 0 unspecified atom stereocenters. The Bertz CT molecular complexity index is 711. The van der Waals surface area contributed by atoms with Gasteiger partial charge in [-0.15, -0.1) is 0 Å². The number of H-pyrrole nitrogens is 1. The second kappa shape index (κ2) is 6.46. The lowest BCUT2D eigenvalue weighted by molar-refractivity contribution is 0.404. The van der Waals surface area contributed by atoms with Gasteiger partial charge in [-0.05, 0) is 46.7 Å². The van der Waals surface area contributed by atoms with Crippen LogP contribution in [0.5, 0.6) is 11.5 Å². The molecule has 1 aromatic carbocycles. The van der Waals surface area contributed by atoms with Gasteiger partial charge < -0.3 is 14.5 Å². The molecule has 0 fully saturated rings. The van der Waals surface area contributed by atoms with Crippen molar-refractivity contribution in [2.75, 3.05) is 14.2 Å². The standard InChI is InChI=1S/C15H17IN2O3/c1-8(2)13-12(16)15(19)18-14(17-13)10-7-9(20-3)5-6-11(10)21-4/h5-8H,1-4H3,(H,17,18,19). The van der Waals surface area contributed by atoms with Crippen molar-refractivity contribution in [3.05, 3.63) is 37.8 Å². The van der Waals surface area contributed by atoms with E-state index in [1.54, 1.807) is 32.4 Å². The summed E-state index contributed by atoms with van der Waals surface area (Å²) in [6.07, 6.45) is 0. The summed E-state index contributed by atoms with van der Waals surface area (Å²) < 4.78 is 11.2. The molecule has 0 aliphatic rings. The van der Waals surface area contributed by atoms with Gasteiger partial charge >= 0.3 is 0 Å². The molecule has 2 rings (SSSR count). The second-order valence-corrected chi connectivity index (χ2v) is 5.91. The topological polar surface area (TPSA) is 64.2 Å². The van der Waals surface area contributed by atoms with Crippen LogP contribution in [0.1, 0.15) is 25.5 Å². The molecule has 0 saturated heterocycles. The van der Waals surface area contributed by atoms with Crippen molar-refractivity contribution >= 4 is 22.6 Å². The molecule has 0 saturated carbocycles. The number of rotatable bonds is 4. The Hall–Kier alpha value is -1.57. The first kappa shape index (κ1) is 15.8. The number of nitrogens with one attached hydrogen (secondary N) is 1. The number of ether oxygens (including phenoxy) is 2. The molecule has 1 N–H and O–H groups in total. The minimum atomic E-state index is -0.144. The van der Waals surface area contributed by atoms with E-state index in [-0.39, 0.29) is 11.5 Å². The molecule has 1 heterocycles. The number of aromatic amines is 1. The molecule has 0 radical (unpaired) electrons. The average molecular weight is 400 g/mol. The van der Waals surface area contributed by atoms with Gasteiger partial charge in [-0.2, -0.15) is 0 Å². The number of hydrogen-bond donors (Lipinski definition) is 1. The van der Waals surface area contributed by atoms with E-state index in [0.717, 1.165) is 5.69 Å². The van der Waals surface area contributed by atoms with Crippen LogP contribution >= 0.6 is 22.6 Å². The molecular weight excluding hydrogens is 383 g/mol. The lowest BCUT2D eigenvalue weighted by atomic mass is 10.1. The van der Waals surface area contributed by atoms with Gasteiger partial charge in [0.15, 0.2) is 0 Å². The molecule has 0 amide bonds. The summed E-state index contributed by atoms with van der Waals surface area (Å²) >= 11 is 2.03. The number of nitrogens with zero attached hydrogens (tertiary/aromatic N) is 1. The Morgan fingerprint density at radius 1 is 1.24 bits per heavy atom. The van der Waals surface area contributed by atoms with Gasteiger partial charge in [0.05, 0.1) is 29.0 Å². The van der Waals surface area contributed by atoms with Gasteiger partial charge in [0.25, 0.3) is 5.56 Å². The van der Waals surface area contributed by atoms with Crippen molar-refractivity contribution in [1.82, 2.24) is 9.97 Å². The van der Waals surface area contributed by atoms with E-state index in [1.165, 1.54) is 0 Å². The van der Waals surface area contributed by atoms with Crippen LogP contribution in [0.3, 0.4) is 0 Å². The third-order valence-electron chi connectivity index (χ3n) is 3.10. The van der Waals surface area contributed by atoms with Crippen LogP contribution in [0.25, 0.3) is 11.4 Å². The Labute approximate surface area is 136 Å². The summed E-state index contributed by atoms with van der Waals surface area (Å²) in [5.74, 6) is 1.96. The lowest BCUT2D eigenvalue weighted by Crippen LogP contribution is -2.17. The van der Waals surface area contributed by atoms with Crippen LogP contribution in [0, 0.1) is 3.57 Å². The van der Waals surface area contributed by atoms with E-state index in [9.17, 15) is 4.79 Å². The van der Waals surface area contributed by atoms with Crippen molar-refractivity contribution < 1.29 is 9.47 Å². The highest BCUT2D eigenvalue weighted by molar-refractivity contribution is 14.1. The van der Waals surface area contributed by atoms with E-state index < -0.39 is 0 Å². The van der Waals surface area contributed by atoms with Crippen molar-refractivity contribution in [3.63, 3.8) is 0 Å². The first-order chi connectivity index (χ1) is 9.97. The van der Waals surface area contributed by atoms with E-state index in [0.29, 0.717) is 26.5 Å². The van der Waals surface area contributed by atoms with Crippen LogP contribution in [-0.4, -0.2) is 24.2 Å². The van der Waals surface area contributed by atoms with Crippen molar-refractivity contribution in [2.45, 2.75) is 19.8 Å². The Kier molecular flexibility index (Phi) is 4.87. The molecule has 0 aliphatic heterocycles. The molecule has 6 heteroatoms. The van der Waals surface area contributed by atoms with Gasteiger partial charge in [0.1, 0.15) is 17.3 Å². The Balaban J connectivity index is 2.69. The average Bonchev–Trinajstić information content (AvgIpc) is 2.48. The highest BCUT2D eigenvalue weighted by atomic mass is 127. The summed E-state index contributed by atoms with van der Waals surface area (Å²) in [7, 11) is 3.18. The smallest absolute Gasteiger partial charge is 0.264 e. The second-order valence-electron chi connectivity index (χ2n) is 4.83. The van der Waals surface area contributed by atoms with Crippen LogP contribution in [0.2, 0.25) is 0 Å². The summed E-state index contributed by atoms with van der Waals surface area (Å²) in [5, 5.41) is 0. The normalized spacial score (nSPS) is 10.8. The highest BCUT2D eigenvalue weighted by Crippen LogP contribution is 2.31. The highest BCUT2D eigenvalue weighted by Gasteiger charge is 2.16. The van der Waals surface area contributed by atoms with Gasteiger partial charge in [-0.1, -0.05) is 13.8 Å². The maximum atomic E-state index is 12.1. The number of methoxy groups -OCH3 is 2. The Morgan fingerprint density at radius 2 is 1.95 bits per heavy atom. The predicted octanol–water partition coefficient (Wildman–Crippen LogP) is 3.18. The quantitative estimate of drug-likeness (QED) is 0.801. The fraction of sp³-hybridized carbons (Fsp3) is 0.333. The zero-order valence-corrected chi connectivity index (χ0v) is 14.5. The monoisotopic (exact) mass is 400 g/mol. The molecule has 21 heavy (non-hydrogen) atoms. The predicted molar refractivity (Wildman–Crippen MR) is 90.2 cm³/mol. The molecule has 0 aliphatic carbocycles. The van der Waals surface area contributed by atoms with E-state index >= 15 is 0 Å². The molecule has 0 bridgehead atoms. The van der Waals surface area contributed by atoms with Crippen molar-refractivity contribution in [2.24, 2.45) is 0 Å². The van der Waals surface area contributed by atoms with Crippen LogP contribution < -0.4 is 15.0 Å². The molecule has 112 valence electrons. The first-order valence-corrected chi connectivity index (χ1v) is 7.58. The molecule has 5 nitrogen and oxygen atoms in total. The summed E-state index contributed by atoms with van der Waals surface area (Å²) in [5.41, 5.74) is 1.33. The zero-order valence-electron chi connectivity index (χ0n) is 12.4. The number of halogens is 1. The SMILES string of the molecule is COc1ccc(OC)c(-c2nc(C(C)C)c(I)c(=O)[nH]2)c1. The Morgan fingerprint density at radius 3 is 2.52 bits per heavy atom. The third-order valence-corrected chi connectivity index (χ3v) is 4.14. The first-order valence-electron chi connectivity index (χ1n) is 6.50. The lowest BCUT2D eigenvalue weighted by Gasteiger charge is -2.13. The van der Waals surface area contributed by atoms with Gasteiger partial charge in [-0.3, -0.25) is 4.79 Å². The van der Waals surface area contributed by atoms with E-state index in [1.807, 2.05) is 36.4 Å². The van der Waals surface area contributed by atoms with E-state index in [2.05, 4.69) is 9.97 Å². The number of benzene rings is 1. The molecular formula is C15H17IN2O3. The summed E-state index contributed by atoms with van der Waals surface area (Å²) in [6, 6.07) is 5.39. The molecule has 2 aromatic rings.